The second kappa shape index (κ2) is 5.29. The minimum absolute atomic E-state index is 0.161. The van der Waals surface area contributed by atoms with E-state index in [9.17, 15) is 4.79 Å². The van der Waals surface area contributed by atoms with E-state index in [4.69, 9.17) is 9.47 Å². The third-order valence-corrected chi connectivity index (χ3v) is 3.25. The van der Waals surface area contributed by atoms with E-state index in [-0.39, 0.29) is 5.91 Å². The van der Waals surface area contributed by atoms with Crippen molar-refractivity contribution in [2.24, 2.45) is 0 Å². The van der Waals surface area contributed by atoms with Gasteiger partial charge in [-0.2, -0.15) is 0 Å². The lowest BCUT2D eigenvalue weighted by molar-refractivity contribution is -0.117. The van der Waals surface area contributed by atoms with Crippen molar-refractivity contribution in [2.45, 2.75) is 26.2 Å². The Bertz CT molecular complexity index is 457. The summed E-state index contributed by atoms with van der Waals surface area (Å²) in [5.41, 5.74) is 1.99. The van der Waals surface area contributed by atoms with E-state index < -0.39 is 0 Å². The molecule has 0 saturated carbocycles. The molecule has 0 atom stereocenters. The maximum atomic E-state index is 12.0. The minimum atomic E-state index is 0.161. The lowest BCUT2D eigenvalue weighted by atomic mass is 10.1. The topological polar surface area (TPSA) is 38.8 Å². The summed E-state index contributed by atoms with van der Waals surface area (Å²) < 4.78 is 10.5. The SMILES string of the molecule is CCCCN1C(=O)Cc2cc(OC)c(OC)cc21. The van der Waals surface area contributed by atoms with Gasteiger partial charge in [0.25, 0.3) is 0 Å². The van der Waals surface area contributed by atoms with Crippen LogP contribution < -0.4 is 14.4 Å². The number of nitrogens with zero attached hydrogens (tertiary/aromatic N) is 1. The molecular weight excluding hydrogens is 230 g/mol. The second-order valence-corrected chi connectivity index (χ2v) is 4.41. The smallest absolute Gasteiger partial charge is 0.231 e. The van der Waals surface area contributed by atoms with Crippen molar-refractivity contribution >= 4 is 11.6 Å². The fraction of sp³-hybridized carbons (Fsp3) is 0.500. The third kappa shape index (κ3) is 2.15. The Hall–Kier alpha value is -1.71. The van der Waals surface area contributed by atoms with E-state index in [0.29, 0.717) is 17.9 Å². The first kappa shape index (κ1) is 12.7. The van der Waals surface area contributed by atoms with E-state index in [0.717, 1.165) is 30.6 Å². The molecule has 4 nitrogen and oxygen atoms in total. The highest BCUT2D eigenvalue weighted by atomic mass is 16.5. The van der Waals surface area contributed by atoms with Gasteiger partial charge >= 0.3 is 0 Å². The molecule has 0 aromatic heterocycles. The highest BCUT2D eigenvalue weighted by Gasteiger charge is 2.28. The number of carbonyl (C=O) groups is 1. The van der Waals surface area contributed by atoms with Gasteiger partial charge in [-0.05, 0) is 18.1 Å². The van der Waals surface area contributed by atoms with Gasteiger partial charge in [0.2, 0.25) is 5.91 Å². The van der Waals surface area contributed by atoms with Crippen LogP contribution in [0.3, 0.4) is 0 Å². The van der Waals surface area contributed by atoms with Crippen LogP contribution in [0.4, 0.5) is 5.69 Å². The van der Waals surface area contributed by atoms with E-state index in [1.807, 2.05) is 17.0 Å². The number of rotatable bonds is 5. The number of unbranched alkanes of at least 4 members (excludes halogenated alkanes) is 1. The molecule has 0 saturated heterocycles. The summed E-state index contributed by atoms with van der Waals surface area (Å²) in [6, 6.07) is 3.80. The third-order valence-electron chi connectivity index (χ3n) is 3.25. The number of fused-ring (bicyclic) bond motifs is 1. The highest BCUT2D eigenvalue weighted by molar-refractivity contribution is 6.02. The average molecular weight is 249 g/mol. The average Bonchev–Trinajstić information content (AvgIpc) is 2.69. The van der Waals surface area contributed by atoms with Gasteiger partial charge in [-0.25, -0.2) is 0 Å². The van der Waals surface area contributed by atoms with Crippen LogP contribution in [0.2, 0.25) is 0 Å². The molecule has 0 bridgehead atoms. The van der Waals surface area contributed by atoms with Crippen molar-refractivity contribution in [3.8, 4) is 11.5 Å². The molecule has 1 amide bonds. The molecule has 4 heteroatoms. The fourth-order valence-corrected chi connectivity index (χ4v) is 2.26. The van der Waals surface area contributed by atoms with Crippen molar-refractivity contribution in [3.05, 3.63) is 17.7 Å². The summed E-state index contributed by atoms with van der Waals surface area (Å²) in [6.07, 6.45) is 2.55. The zero-order valence-corrected chi connectivity index (χ0v) is 11.2. The zero-order chi connectivity index (χ0) is 13.1. The molecule has 1 aliphatic rings. The van der Waals surface area contributed by atoms with E-state index in [1.165, 1.54) is 0 Å². The van der Waals surface area contributed by atoms with E-state index in [1.54, 1.807) is 14.2 Å². The molecule has 0 radical (unpaired) electrons. The van der Waals surface area contributed by atoms with Gasteiger partial charge < -0.3 is 14.4 Å². The van der Waals surface area contributed by atoms with Gasteiger partial charge in [0, 0.05) is 12.6 Å². The van der Waals surface area contributed by atoms with Crippen LogP contribution in [-0.2, 0) is 11.2 Å². The first-order valence-corrected chi connectivity index (χ1v) is 6.26. The van der Waals surface area contributed by atoms with Crippen LogP contribution in [0.5, 0.6) is 11.5 Å². The zero-order valence-electron chi connectivity index (χ0n) is 11.2. The number of anilines is 1. The van der Waals surface area contributed by atoms with Gasteiger partial charge in [0.1, 0.15) is 0 Å². The maximum absolute atomic E-state index is 12.0. The lowest BCUT2D eigenvalue weighted by Crippen LogP contribution is -2.27. The Kier molecular flexibility index (Phi) is 3.75. The van der Waals surface area contributed by atoms with Crippen LogP contribution in [-0.4, -0.2) is 26.7 Å². The molecule has 1 aliphatic heterocycles. The van der Waals surface area contributed by atoms with Crippen molar-refractivity contribution < 1.29 is 14.3 Å². The molecule has 1 heterocycles. The lowest BCUT2D eigenvalue weighted by Gasteiger charge is -2.18. The number of amides is 1. The Morgan fingerprint density at radius 2 is 1.89 bits per heavy atom. The van der Waals surface area contributed by atoms with Crippen LogP contribution in [0.25, 0.3) is 0 Å². The summed E-state index contributed by atoms with van der Waals surface area (Å²) in [5, 5.41) is 0. The molecule has 98 valence electrons. The number of hydrogen-bond acceptors (Lipinski definition) is 3. The fourth-order valence-electron chi connectivity index (χ4n) is 2.26. The van der Waals surface area contributed by atoms with Gasteiger partial charge in [0.15, 0.2) is 11.5 Å². The van der Waals surface area contributed by atoms with Gasteiger partial charge in [0.05, 0.1) is 26.3 Å². The highest BCUT2D eigenvalue weighted by Crippen LogP contribution is 2.38. The molecule has 2 rings (SSSR count). The molecule has 0 fully saturated rings. The Morgan fingerprint density at radius 3 is 2.50 bits per heavy atom. The van der Waals surface area contributed by atoms with Crippen molar-refractivity contribution in [2.75, 3.05) is 25.7 Å². The molecule has 1 aromatic rings. The summed E-state index contributed by atoms with van der Waals surface area (Å²) in [7, 11) is 3.22. The summed E-state index contributed by atoms with van der Waals surface area (Å²) in [6.45, 7) is 2.90. The standard InChI is InChI=1S/C14H19NO3/c1-4-5-6-15-11-9-13(18-3)12(17-2)7-10(11)8-14(15)16/h7,9H,4-6,8H2,1-3H3. The molecule has 0 aliphatic carbocycles. The second-order valence-electron chi connectivity index (χ2n) is 4.41. The van der Waals surface area contributed by atoms with Crippen molar-refractivity contribution in [3.63, 3.8) is 0 Å². The first-order chi connectivity index (χ1) is 8.71. The molecule has 0 unspecified atom stereocenters. The predicted octanol–water partition coefficient (Wildman–Crippen LogP) is 2.39. The van der Waals surface area contributed by atoms with Crippen LogP contribution in [0.1, 0.15) is 25.3 Å². The van der Waals surface area contributed by atoms with Gasteiger partial charge in [-0.15, -0.1) is 0 Å². The summed E-state index contributed by atoms with van der Waals surface area (Å²) in [4.78, 5) is 13.8. The van der Waals surface area contributed by atoms with Gasteiger partial charge in [-0.3, -0.25) is 4.79 Å². The summed E-state index contributed by atoms with van der Waals surface area (Å²) in [5.74, 6) is 1.52. The number of hydrogen-bond donors (Lipinski definition) is 0. The monoisotopic (exact) mass is 249 g/mol. The van der Waals surface area contributed by atoms with E-state index >= 15 is 0 Å². The van der Waals surface area contributed by atoms with Crippen molar-refractivity contribution in [1.29, 1.82) is 0 Å². The van der Waals surface area contributed by atoms with E-state index in [2.05, 4.69) is 6.92 Å². The largest absolute Gasteiger partial charge is 0.493 e. The van der Waals surface area contributed by atoms with Crippen LogP contribution in [0.15, 0.2) is 12.1 Å². The molecule has 1 aromatic carbocycles. The van der Waals surface area contributed by atoms with Crippen molar-refractivity contribution in [1.82, 2.24) is 0 Å². The first-order valence-electron chi connectivity index (χ1n) is 6.26. The van der Waals surface area contributed by atoms with Gasteiger partial charge in [-0.1, -0.05) is 13.3 Å². The molecular formula is C14H19NO3. The Morgan fingerprint density at radius 1 is 1.22 bits per heavy atom. The predicted molar refractivity (Wildman–Crippen MR) is 70.5 cm³/mol. The summed E-state index contributed by atoms with van der Waals surface area (Å²) >= 11 is 0. The molecule has 0 spiro atoms. The Balaban J connectivity index is 2.35. The normalized spacial score (nSPS) is 13.7. The molecule has 18 heavy (non-hydrogen) atoms. The minimum Gasteiger partial charge on any atom is -0.493 e. The number of benzene rings is 1. The molecule has 0 N–H and O–H groups in total. The number of ether oxygens (including phenoxy) is 2. The van der Waals surface area contributed by atoms with Crippen LogP contribution >= 0.6 is 0 Å². The van der Waals surface area contributed by atoms with Crippen LogP contribution in [0, 0.1) is 0 Å². The maximum Gasteiger partial charge on any atom is 0.231 e. The number of carbonyl (C=O) groups excluding carboxylic acids is 1. The quantitative estimate of drug-likeness (QED) is 0.804. The Labute approximate surface area is 107 Å². The number of methoxy groups -OCH3 is 2.